The minimum atomic E-state index is -0.473. The summed E-state index contributed by atoms with van der Waals surface area (Å²) in [6.07, 6.45) is 1.34. The Labute approximate surface area is 166 Å². The molecule has 1 aliphatic carbocycles. The summed E-state index contributed by atoms with van der Waals surface area (Å²) in [5.74, 6) is 0. The highest BCUT2D eigenvalue weighted by molar-refractivity contribution is 6.00. The molecular formula is C23H16N4O2. The molecule has 0 spiro atoms. The maximum absolute atomic E-state index is 12.0. The van der Waals surface area contributed by atoms with Crippen molar-refractivity contribution in [3.05, 3.63) is 81.4 Å². The molecule has 1 aromatic heterocycles. The predicted molar refractivity (Wildman–Crippen MR) is 112 cm³/mol. The first kappa shape index (κ1) is 17.0. The van der Waals surface area contributed by atoms with Gasteiger partial charge in [0, 0.05) is 16.5 Å². The zero-order valence-corrected chi connectivity index (χ0v) is 15.4. The van der Waals surface area contributed by atoms with Gasteiger partial charge in [-0.2, -0.15) is 5.26 Å². The Bertz CT molecular complexity index is 1350. The van der Waals surface area contributed by atoms with Crippen LogP contribution in [-0.4, -0.2) is 9.91 Å². The number of nitrogens with two attached hydrogens (primary N) is 1. The average molecular weight is 380 g/mol. The maximum Gasteiger partial charge on any atom is 0.301 e. The van der Waals surface area contributed by atoms with Crippen LogP contribution in [0.1, 0.15) is 16.7 Å². The minimum Gasteiger partial charge on any atom is -0.392 e. The van der Waals surface area contributed by atoms with Crippen molar-refractivity contribution in [3.8, 4) is 28.5 Å². The Morgan fingerprint density at radius 1 is 1.00 bits per heavy atom. The second-order valence-electron chi connectivity index (χ2n) is 7.12. The van der Waals surface area contributed by atoms with Crippen molar-refractivity contribution >= 4 is 22.3 Å². The number of para-hydroxylation sites is 1. The molecule has 1 heterocycles. The van der Waals surface area contributed by atoms with Crippen LogP contribution < -0.4 is 5.73 Å². The van der Waals surface area contributed by atoms with Crippen molar-refractivity contribution in [1.82, 2.24) is 4.98 Å². The first-order valence-electron chi connectivity index (χ1n) is 9.30. The van der Waals surface area contributed by atoms with Gasteiger partial charge in [-0.1, -0.05) is 48.5 Å². The van der Waals surface area contributed by atoms with Gasteiger partial charge >= 0.3 is 5.69 Å². The lowest BCUT2D eigenvalue weighted by molar-refractivity contribution is -0.383. The predicted octanol–water partition coefficient (Wildman–Crippen LogP) is 4.96. The molecule has 3 aromatic carbocycles. The van der Waals surface area contributed by atoms with Gasteiger partial charge < -0.3 is 10.7 Å². The molecule has 0 aliphatic heterocycles. The number of hydrogen-bond acceptors (Lipinski definition) is 4. The highest BCUT2D eigenvalue weighted by Crippen LogP contribution is 2.49. The number of H-pyrrole nitrogens is 1. The van der Waals surface area contributed by atoms with Crippen molar-refractivity contribution in [1.29, 1.82) is 5.26 Å². The molecule has 0 radical (unpaired) electrons. The SMILES string of the molecule is N#Cc1c(N)c([N+](=O)[O-])c(-c2ccccc2)c2c1-c1[nH]c3ccccc3c1CC2. The van der Waals surface area contributed by atoms with E-state index in [4.69, 9.17) is 5.73 Å². The molecule has 0 amide bonds. The second-order valence-corrected chi connectivity index (χ2v) is 7.12. The molecule has 3 N–H and O–H groups in total. The summed E-state index contributed by atoms with van der Waals surface area (Å²) in [7, 11) is 0. The molecule has 6 heteroatoms. The molecule has 140 valence electrons. The Morgan fingerprint density at radius 3 is 2.41 bits per heavy atom. The van der Waals surface area contributed by atoms with E-state index in [9.17, 15) is 15.4 Å². The molecule has 29 heavy (non-hydrogen) atoms. The Kier molecular flexibility index (Phi) is 3.65. The molecule has 0 saturated heterocycles. The Hall–Kier alpha value is -4.11. The van der Waals surface area contributed by atoms with Crippen molar-refractivity contribution in [2.75, 3.05) is 5.73 Å². The number of nitro benzene ring substituents is 1. The van der Waals surface area contributed by atoms with E-state index in [1.165, 1.54) is 0 Å². The standard InChI is InChI=1S/C23H16N4O2/c24-12-17-20-16(11-10-15-14-8-4-5-9-18(14)26-22(15)20)19(13-6-2-1-3-7-13)23(21(17)25)27(28)29/h1-9,26H,10-11,25H2. The Morgan fingerprint density at radius 2 is 1.69 bits per heavy atom. The van der Waals surface area contributed by atoms with Crippen LogP contribution >= 0.6 is 0 Å². The number of hydrogen-bond donors (Lipinski definition) is 2. The van der Waals surface area contributed by atoms with Crippen LogP contribution in [0, 0.1) is 21.4 Å². The molecule has 5 rings (SSSR count). The van der Waals surface area contributed by atoms with Crippen LogP contribution in [0.5, 0.6) is 0 Å². The van der Waals surface area contributed by atoms with E-state index in [-0.39, 0.29) is 16.9 Å². The van der Waals surface area contributed by atoms with Gasteiger partial charge in [-0.25, -0.2) is 0 Å². The number of nitrogens with zero attached hydrogens (tertiary/aromatic N) is 2. The zero-order chi connectivity index (χ0) is 20.1. The summed E-state index contributed by atoms with van der Waals surface area (Å²) in [6, 6.07) is 19.4. The van der Waals surface area contributed by atoms with Crippen LogP contribution in [0.3, 0.4) is 0 Å². The lowest BCUT2D eigenvalue weighted by atomic mass is 9.80. The van der Waals surface area contributed by atoms with E-state index in [0.29, 0.717) is 17.5 Å². The van der Waals surface area contributed by atoms with E-state index < -0.39 is 4.92 Å². The third kappa shape index (κ3) is 2.34. The number of nitrogen functional groups attached to an aromatic ring is 1. The Balaban J connectivity index is 1.96. The van der Waals surface area contributed by atoms with Gasteiger partial charge in [-0.15, -0.1) is 0 Å². The van der Waals surface area contributed by atoms with E-state index >= 15 is 0 Å². The highest BCUT2D eigenvalue weighted by atomic mass is 16.6. The maximum atomic E-state index is 12.0. The van der Waals surface area contributed by atoms with Gasteiger partial charge in [0.05, 0.1) is 21.7 Å². The number of anilines is 1. The zero-order valence-electron chi connectivity index (χ0n) is 15.4. The number of aromatic amines is 1. The molecular weight excluding hydrogens is 364 g/mol. The number of rotatable bonds is 2. The fourth-order valence-corrected chi connectivity index (χ4v) is 4.48. The summed E-state index contributed by atoms with van der Waals surface area (Å²) < 4.78 is 0. The number of nitro groups is 1. The van der Waals surface area contributed by atoms with Gasteiger partial charge in [0.2, 0.25) is 0 Å². The number of benzene rings is 3. The normalized spacial score (nSPS) is 12.2. The first-order chi connectivity index (χ1) is 14.1. The van der Waals surface area contributed by atoms with Gasteiger partial charge in [0.1, 0.15) is 11.8 Å². The van der Waals surface area contributed by atoms with E-state index in [1.54, 1.807) is 0 Å². The lowest BCUT2D eigenvalue weighted by Gasteiger charge is -2.23. The van der Waals surface area contributed by atoms with Gasteiger partial charge in [0.25, 0.3) is 0 Å². The van der Waals surface area contributed by atoms with Crippen molar-refractivity contribution in [2.24, 2.45) is 0 Å². The van der Waals surface area contributed by atoms with Crippen LogP contribution in [0.4, 0.5) is 11.4 Å². The smallest absolute Gasteiger partial charge is 0.301 e. The van der Waals surface area contributed by atoms with Crippen LogP contribution in [0.2, 0.25) is 0 Å². The quantitative estimate of drug-likeness (QED) is 0.291. The number of nitrogens with one attached hydrogen (secondary N) is 1. The van der Waals surface area contributed by atoms with Gasteiger partial charge in [0.15, 0.2) is 0 Å². The minimum absolute atomic E-state index is 0.0818. The number of nitriles is 1. The summed E-state index contributed by atoms with van der Waals surface area (Å²) >= 11 is 0. The average Bonchev–Trinajstić information content (AvgIpc) is 3.12. The first-order valence-corrected chi connectivity index (χ1v) is 9.30. The summed E-state index contributed by atoms with van der Waals surface area (Å²) in [6.45, 7) is 0. The molecule has 4 aromatic rings. The lowest BCUT2D eigenvalue weighted by Crippen LogP contribution is -2.12. The van der Waals surface area contributed by atoms with Crippen LogP contribution in [0.25, 0.3) is 33.3 Å². The molecule has 1 aliphatic rings. The summed E-state index contributed by atoms with van der Waals surface area (Å²) in [5.41, 5.74) is 11.8. The summed E-state index contributed by atoms with van der Waals surface area (Å²) in [4.78, 5) is 14.9. The topological polar surface area (TPSA) is 109 Å². The number of aryl methyl sites for hydroxylation is 1. The largest absolute Gasteiger partial charge is 0.392 e. The molecule has 6 nitrogen and oxygen atoms in total. The second kappa shape index (κ2) is 6.21. The molecule has 0 atom stereocenters. The van der Waals surface area contributed by atoms with E-state index in [1.807, 2.05) is 48.5 Å². The number of aromatic nitrogens is 1. The highest BCUT2D eigenvalue weighted by Gasteiger charge is 2.34. The van der Waals surface area contributed by atoms with E-state index in [2.05, 4.69) is 17.1 Å². The fourth-order valence-electron chi connectivity index (χ4n) is 4.48. The van der Waals surface area contributed by atoms with Gasteiger partial charge in [-0.05, 0) is 35.6 Å². The van der Waals surface area contributed by atoms with Crippen LogP contribution in [0.15, 0.2) is 54.6 Å². The third-order valence-electron chi connectivity index (χ3n) is 5.66. The number of fused-ring (bicyclic) bond motifs is 5. The monoisotopic (exact) mass is 380 g/mol. The third-order valence-corrected chi connectivity index (χ3v) is 5.66. The molecule has 0 unspecified atom stereocenters. The van der Waals surface area contributed by atoms with Gasteiger partial charge in [-0.3, -0.25) is 10.1 Å². The van der Waals surface area contributed by atoms with Crippen molar-refractivity contribution in [2.45, 2.75) is 12.8 Å². The van der Waals surface area contributed by atoms with Crippen molar-refractivity contribution in [3.63, 3.8) is 0 Å². The fraction of sp³-hybridized carbons (Fsp3) is 0.0870. The van der Waals surface area contributed by atoms with Crippen LogP contribution in [-0.2, 0) is 12.8 Å². The molecule has 0 saturated carbocycles. The summed E-state index contributed by atoms with van der Waals surface area (Å²) in [5, 5.41) is 22.9. The molecule has 0 bridgehead atoms. The van der Waals surface area contributed by atoms with Crippen molar-refractivity contribution < 1.29 is 4.92 Å². The molecule has 0 fully saturated rings. The van der Waals surface area contributed by atoms with E-state index in [0.717, 1.165) is 39.7 Å².